The number of halogens is 2. The highest BCUT2D eigenvalue weighted by atomic mass is 32.2. The van der Waals surface area contributed by atoms with Crippen molar-refractivity contribution in [2.24, 2.45) is 0 Å². The molecule has 1 aromatic carbocycles. The second-order valence-corrected chi connectivity index (χ2v) is 8.94. The number of nitrogens with one attached hydrogen (secondary N) is 3. The summed E-state index contributed by atoms with van der Waals surface area (Å²) in [5.41, 5.74) is -0.0422. The normalized spacial score (nSPS) is 21.2. The topological polar surface area (TPSA) is 124 Å². The van der Waals surface area contributed by atoms with Gasteiger partial charge >= 0.3 is 6.61 Å². The molecule has 1 atom stereocenters. The van der Waals surface area contributed by atoms with Crippen LogP contribution in [0.1, 0.15) is 29.8 Å². The van der Waals surface area contributed by atoms with E-state index in [0.29, 0.717) is 17.2 Å². The first kappa shape index (κ1) is 22.8. The molecule has 1 fully saturated rings. The highest BCUT2D eigenvalue weighted by molar-refractivity contribution is 7.86. The minimum atomic E-state index is -2.97. The Labute approximate surface area is 180 Å². The third kappa shape index (κ3) is 5.61. The van der Waals surface area contributed by atoms with Crippen molar-refractivity contribution >= 4 is 33.9 Å². The molecule has 1 aliphatic rings. The molecular weight excluding hydrogens is 430 g/mol. The van der Waals surface area contributed by atoms with Crippen LogP contribution < -0.4 is 15.4 Å². The standard InChI is InChI=1S/C20H22F2N4O4S/c1-11(27)16(23)15-6-12(18(28)26-20(2)9-31(29)10-20)8-24-17(15)25-13-4-3-5-14(7-13)30-19(21)22/h3-8,11,19,23,27H,9-10H2,1-2H3,(H,24,25)(H,26,28). The highest BCUT2D eigenvalue weighted by Gasteiger charge is 2.39. The Morgan fingerprint density at radius 3 is 2.68 bits per heavy atom. The van der Waals surface area contributed by atoms with E-state index >= 15 is 0 Å². The Bertz CT molecular complexity index is 1020. The van der Waals surface area contributed by atoms with Gasteiger partial charge in [-0.25, -0.2) is 4.98 Å². The summed E-state index contributed by atoms with van der Waals surface area (Å²) in [5.74, 6) is 0.380. The molecule has 1 amide bonds. The van der Waals surface area contributed by atoms with Crippen LogP contribution in [-0.2, 0) is 10.8 Å². The van der Waals surface area contributed by atoms with Gasteiger partial charge in [-0.15, -0.1) is 0 Å². The molecule has 0 aliphatic carbocycles. The number of aromatic nitrogens is 1. The summed E-state index contributed by atoms with van der Waals surface area (Å²) < 4.78 is 40.7. The van der Waals surface area contributed by atoms with Gasteiger partial charge in [0.25, 0.3) is 5.91 Å². The molecule has 2 heterocycles. The van der Waals surface area contributed by atoms with Crippen molar-refractivity contribution in [2.75, 3.05) is 16.8 Å². The van der Waals surface area contributed by atoms with Crippen LogP contribution in [0.2, 0.25) is 0 Å². The number of carbonyl (C=O) groups is 1. The molecule has 8 nitrogen and oxygen atoms in total. The van der Waals surface area contributed by atoms with E-state index in [1.54, 1.807) is 13.0 Å². The summed E-state index contributed by atoms with van der Waals surface area (Å²) in [6.07, 6.45) is 0.162. The van der Waals surface area contributed by atoms with Gasteiger partial charge in [0.05, 0.1) is 22.9 Å². The molecular formula is C20H22F2N4O4S. The monoisotopic (exact) mass is 452 g/mol. The number of carbonyl (C=O) groups excluding carboxylic acids is 1. The van der Waals surface area contributed by atoms with E-state index in [2.05, 4.69) is 20.4 Å². The molecule has 0 spiro atoms. The van der Waals surface area contributed by atoms with Crippen LogP contribution in [0.15, 0.2) is 36.5 Å². The lowest BCUT2D eigenvalue weighted by atomic mass is 10.0. The number of aliphatic hydroxyl groups is 1. The summed E-state index contributed by atoms with van der Waals surface area (Å²) in [4.78, 5) is 16.8. The molecule has 31 heavy (non-hydrogen) atoms. The second kappa shape index (κ2) is 9.06. The van der Waals surface area contributed by atoms with Gasteiger partial charge < -0.3 is 25.9 Å². The molecule has 1 unspecified atom stereocenters. The number of aliphatic hydroxyl groups excluding tert-OH is 1. The number of anilines is 2. The zero-order valence-electron chi connectivity index (χ0n) is 16.8. The number of hydrogen-bond donors (Lipinski definition) is 4. The Hall–Kier alpha value is -2.92. The van der Waals surface area contributed by atoms with Crippen molar-refractivity contribution in [1.29, 1.82) is 5.41 Å². The lowest BCUT2D eigenvalue weighted by Gasteiger charge is -2.38. The largest absolute Gasteiger partial charge is 0.435 e. The average Bonchev–Trinajstić information content (AvgIpc) is 2.66. The molecule has 0 bridgehead atoms. The summed E-state index contributed by atoms with van der Waals surface area (Å²) >= 11 is 0. The maximum atomic E-state index is 12.6. The van der Waals surface area contributed by atoms with Crippen LogP contribution in [0.4, 0.5) is 20.3 Å². The van der Waals surface area contributed by atoms with E-state index in [1.165, 1.54) is 37.4 Å². The third-order valence-electron chi connectivity index (χ3n) is 4.55. The maximum absolute atomic E-state index is 12.6. The summed E-state index contributed by atoms with van der Waals surface area (Å²) in [6.45, 7) is 0.226. The molecule has 11 heteroatoms. The Kier molecular flexibility index (Phi) is 6.65. The van der Waals surface area contributed by atoms with E-state index in [1.807, 2.05) is 0 Å². The van der Waals surface area contributed by atoms with Crippen LogP contribution in [0.25, 0.3) is 0 Å². The molecule has 4 N–H and O–H groups in total. The molecule has 166 valence electrons. The average molecular weight is 452 g/mol. The van der Waals surface area contributed by atoms with Gasteiger partial charge in [-0.2, -0.15) is 8.78 Å². The van der Waals surface area contributed by atoms with Gasteiger partial charge in [-0.1, -0.05) is 6.07 Å². The maximum Gasteiger partial charge on any atom is 0.387 e. The summed E-state index contributed by atoms with van der Waals surface area (Å²) in [5, 5.41) is 23.8. The first-order chi connectivity index (χ1) is 14.6. The molecule has 0 radical (unpaired) electrons. The van der Waals surface area contributed by atoms with E-state index < -0.39 is 35.0 Å². The minimum absolute atomic E-state index is 0.0609. The fourth-order valence-electron chi connectivity index (χ4n) is 3.09. The van der Waals surface area contributed by atoms with Crippen molar-refractivity contribution in [2.45, 2.75) is 32.1 Å². The fraction of sp³-hybridized carbons (Fsp3) is 0.350. The van der Waals surface area contributed by atoms with Gasteiger partial charge in [0, 0.05) is 45.8 Å². The number of alkyl halides is 2. The number of nitrogens with zero attached hydrogens (tertiary/aromatic N) is 1. The molecule has 0 saturated carbocycles. The number of ether oxygens (including phenoxy) is 1. The van der Waals surface area contributed by atoms with E-state index in [-0.39, 0.29) is 28.4 Å². The van der Waals surface area contributed by atoms with Crippen LogP contribution in [0.3, 0.4) is 0 Å². The van der Waals surface area contributed by atoms with Crippen molar-refractivity contribution in [3.05, 3.63) is 47.7 Å². The lowest BCUT2D eigenvalue weighted by Crippen LogP contribution is -2.61. The number of pyridine rings is 1. The Morgan fingerprint density at radius 1 is 1.35 bits per heavy atom. The van der Waals surface area contributed by atoms with Crippen LogP contribution in [0.5, 0.6) is 5.75 Å². The predicted molar refractivity (Wildman–Crippen MR) is 113 cm³/mol. The molecule has 3 rings (SSSR count). The summed E-state index contributed by atoms with van der Waals surface area (Å²) in [7, 11) is -0.949. The van der Waals surface area contributed by atoms with Gasteiger partial charge in [-0.05, 0) is 32.0 Å². The quantitative estimate of drug-likeness (QED) is 0.456. The number of amides is 1. The second-order valence-electron chi connectivity index (χ2n) is 7.48. The number of benzene rings is 1. The third-order valence-corrected chi connectivity index (χ3v) is 6.47. The van der Waals surface area contributed by atoms with Gasteiger partial charge in [-0.3, -0.25) is 9.00 Å². The molecule has 1 saturated heterocycles. The number of hydrogen-bond acceptors (Lipinski definition) is 7. The van der Waals surface area contributed by atoms with Crippen LogP contribution in [0, 0.1) is 5.41 Å². The zero-order valence-corrected chi connectivity index (χ0v) is 17.6. The first-order valence-electron chi connectivity index (χ1n) is 9.32. The highest BCUT2D eigenvalue weighted by Crippen LogP contribution is 2.26. The SMILES string of the molecule is CC(O)C(=N)c1cc(C(=O)NC2(C)CS(=O)C2)cnc1Nc1cccc(OC(F)F)c1. The van der Waals surface area contributed by atoms with Crippen molar-refractivity contribution in [3.63, 3.8) is 0 Å². The first-order valence-corrected chi connectivity index (χ1v) is 10.8. The Balaban J connectivity index is 1.87. The van der Waals surface area contributed by atoms with Crippen molar-refractivity contribution in [1.82, 2.24) is 10.3 Å². The molecule has 2 aromatic rings. The van der Waals surface area contributed by atoms with E-state index in [0.717, 1.165) is 0 Å². The van der Waals surface area contributed by atoms with Crippen LogP contribution >= 0.6 is 0 Å². The van der Waals surface area contributed by atoms with Gasteiger partial charge in [0.15, 0.2) is 0 Å². The van der Waals surface area contributed by atoms with E-state index in [9.17, 15) is 22.9 Å². The minimum Gasteiger partial charge on any atom is -0.435 e. The summed E-state index contributed by atoms with van der Waals surface area (Å²) in [6, 6.07) is 7.21. The lowest BCUT2D eigenvalue weighted by molar-refractivity contribution is -0.0498. The Morgan fingerprint density at radius 2 is 2.06 bits per heavy atom. The number of rotatable bonds is 8. The smallest absolute Gasteiger partial charge is 0.387 e. The molecule has 1 aliphatic heterocycles. The van der Waals surface area contributed by atoms with Crippen LogP contribution in [-0.4, -0.2) is 55.7 Å². The van der Waals surface area contributed by atoms with Crippen molar-refractivity contribution < 1.29 is 27.6 Å². The zero-order chi connectivity index (χ0) is 22.8. The van der Waals surface area contributed by atoms with Gasteiger partial charge in [0.1, 0.15) is 11.6 Å². The van der Waals surface area contributed by atoms with E-state index in [4.69, 9.17) is 5.41 Å². The van der Waals surface area contributed by atoms with Crippen molar-refractivity contribution in [3.8, 4) is 5.75 Å². The molecule has 1 aromatic heterocycles. The van der Waals surface area contributed by atoms with Gasteiger partial charge in [0.2, 0.25) is 0 Å². The predicted octanol–water partition coefficient (Wildman–Crippen LogP) is 2.43. The fourth-order valence-corrected chi connectivity index (χ4v) is 4.57.